The molecular weight excluding hydrogens is 515 g/mol. The van der Waals surface area contributed by atoms with Crippen LogP contribution < -0.4 is 5.73 Å². The van der Waals surface area contributed by atoms with Gasteiger partial charge in [-0.15, -0.1) is 0 Å². The van der Waals surface area contributed by atoms with Gasteiger partial charge in [-0.25, -0.2) is 9.37 Å². The van der Waals surface area contributed by atoms with Crippen LogP contribution in [0.15, 0.2) is 53.4 Å². The molecule has 2 amide bonds. The van der Waals surface area contributed by atoms with E-state index in [1.807, 2.05) is 6.07 Å². The third kappa shape index (κ3) is 4.25. The number of fused-ring (bicyclic) bond motifs is 1. The van der Waals surface area contributed by atoms with Crippen LogP contribution in [-0.2, 0) is 6.42 Å². The molecule has 5 rings (SSSR count). The average molecular weight is 537 g/mol. The molecule has 0 saturated heterocycles. The fourth-order valence-corrected chi connectivity index (χ4v) is 5.46. The van der Waals surface area contributed by atoms with Crippen molar-refractivity contribution in [3.8, 4) is 0 Å². The number of benzene rings is 1. The lowest BCUT2D eigenvalue weighted by Crippen LogP contribution is -2.42. The van der Waals surface area contributed by atoms with Crippen molar-refractivity contribution in [3.05, 3.63) is 87.2 Å². The lowest BCUT2D eigenvalue weighted by atomic mass is 9.79. The zero-order valence-electron chi connectivity index (χ0n) is 18.7. The molecule has 1 saturated carbocycles. The summed E-state index contributed by atoms with van der Waals surface area (Å²) in [5, 5.41) is 0. The lowest BCUT2D eigenvalue weighted by Gasteiger charge is -2.35. The van der Waals surface area contributed by atoms with Crippen molar-refractivity contribution in [2.45, 2.75) is 44.1 Å². The quantitative estimate of drug-likeness (QED) is 0.287. The van der Waals surface area contributed by atoms with E-state index in [-0.39, 0.29) is 52.0 Å². The third-order valence-corrected chi connectivity index (χ3v) is 7.35. The molecule has 35 heavy (non-hydrogen) atoms. The molecule has 9 heteroatoms. The summed E-state index contributed by atoms with van der Waals surface area (Å²) in [5.41, 5.74) is 8.40. The standard InChI is InChI=1S/C26H22BrFN4O3/c27-24-20(28)12-21(29)23(31-24)22(33)11-15-13-30-9-8-17(15)14-4-3-5-16(10-14)32-25(34)18-6-1-2-7-19(18)26(32)35/h1-2,6-9,12-14,16H,3-5,10-11,29H2/t14-,16+/m1/s1. The highest BCUT2D eigenvalue weighted by molar-refractivity contribution is 9.10. The number of aromatic nitrogens is 2. The van der Waals surface area contributed by atoms with Crippen LogP contribution in [0.25, 0.3) is 0 Å². The van der Waals surface area contributed by atoms with Crippen LogP contribution in [0.3, 0.4) is 0 Å². The second-order valence-electron chi connectivity index (χ2n) is 8.92. The van der Waals surface area contributed by atoms with Gasteiger partial charge in [-0.05, 0) is 70.4 Å². The number of hydrogen-bond acceptors (Lipinski definition) is 6. The zero-order chi connectivity index (χ0) is 24.7. The van der Waals surface area contributed by atoms with Crippen molar-refractivity contribution < 1.29 is 18.8 Å². The van der Waals surface area contributed by atoms with E-state index in [0.29, 0.717) is 17.5 Å². The van der Waals surface area contributed by atoms with Crippen LogP contribution in [0.2, 0.25) is 0 Å². The maximum atomic E-state index is 13.7. The lowest BCUT2D eigenvalue weighted by molar-refractivity contribution is 0.0539. The van der Waals surface area contributed by atoms with Crippen molar-refractivity contribution in [1.29, 1.82) is 0 Å². The molecule has 1 aromatic carbocycles. The Labute approximate surface area is 209 Å². The van der Waals surface area contributed by atoms with Crippen molar-refractivity contribution >= 4 is 39.2 Å². The molecule has 178 valence electrons. The van der Waals surface area contributed by atoms with Gasteiger partial charge in [-0.2, -0.15) is 0 Å². The van der Waals surface area contributed by atoms with Gasteiger partial charge in [-0.3, -0.25) is 24.3 Å². The van der Waals surface area contributed by atoms with Crippen LogP contribution in [0.4, 0.5) is 10.1 Å². The van der Waals surface area contributed by atoms with Crippen molar-refractivity contribution in [2.24, 2.45) is 0 Å². The van der Waals surface area contributed by atoms with Crippen LogP contribution >= 0.6 is 15.9 Å². The first-order valence-electron chi connectivity index (χ1n) is 11.4. The Morgan fingerprint density at radius 1 is 1.14 bits per heavy atom. The number of halogens is 2. The second kappa shape index (κ2) is 9.30. The Hall–Kier alpha value is -3.46. The predicted molar refractivity (Wildman–Crippen MR) is 131 cm³/mol. The number of Topliss-reactive ketones (excluding diaryl/α,β-unsaturated/α-hetero) is 1. The Kier molecular flexibility index (Phi) is 6.19. The maximum absolute atomic E-state index is 13.7. The third-order valence-electron chi connectivity index (χ3n) is 6.80. The number of rotatable bonds is 5. The highest BCUT2D eigenvalue weighted by atomic mass is 79.9. The molecule has 3 aromatic rings. The van der Waals surface area contributed by atoms with E-state index in [2.05, 4.69) is 25.9 Å². The Morgan fingerprint density at radius 3 is 2.57 bits per heavy atom. The van der Waals surface area contributed by atoms with Crippen molar-refractivity contribution in [1.82, 2.24) is 14.9 Å². The fraction of sp³-hybridized carbons (Fsp3) is 0.269. The van der Waals surface area contributed by atoms with E-state index in [9.17, 15) is 18.8 Å². The number of anilines is 1. The topological polar surface area (TPSA) is 106 Å². The van der Waals surface area contributed by atoms with Gasteiger partial charge in [0, 0.05) is 30.9 Å². The number of nitrogens with zero attached hydrogens (tertiary/aromatic N) is 3. The first-order chi connectivity index (χ1) is 16.8. The molecule has 7 nitrogen and oxygen atoms in total. The van der Waals surface area contributed by atoms with Crippen LogP contribution in [0, 0.1) is 5.82 Å². The number of hydrogen-bond donors (Lipinski definition) is 1. The first-order valence-corrected chi connectivity index (χ1v) is 12.2. The SMILES string of the molecule is Nc1cc(F)c(Br)nc1C(=O)Cc1cnccc1[C@@H]1CCC[C@H](N2C(=O)c3ccccc3C2=O)C1. The number of amides is 2. The summed E-state index contributed by atoms with van der Waals surface area (Å²) >= 11 is 3.00. The predicted octanol–water partition coefficient (Wildman–Crippen LogP) is 4.71. The Bertz CT molecular complexity index is 1330. The summed E-state index contributed by atoms with van der Waals surface area (Å²) < 4.78 is 13.6. The minimum Gasteiger partial charge on any atom is -0.397 e. The van der Waals surface area contributed by atoms with Crippen molar-refractivity contribution in [3.63, 3.8) is 0 Å². The smallest absolute Gasteiger partial charge is 0.261 e. The monoisotopic (exact) mass is 536 g/mol. The van der Waals surface area contributed by atoms with E-state index in [1.54, 1.807) is 36.7 Å². The molecule has 0 radical (unpaired) electrons. The number of carbonyl (C=O) groups excluding carboxylic acids is 3. The highest BCUT2D eigenvalue weighted by Gasteiger charge is 2.41. The number of imide groups is 1. The summed E-state index contributed by atoms with van der Waals surface area (Å²) in [4.78, 5) is 48.6. The first kappa shape index (κ1) is 23.3. The summed E-state index contributed by atoms with van der Waals surface area (Å²) in [6, 6.07) is 9.64. The zero-order valence-corrected chi connectivity index (χ0v) is 20.3. The molecule has 2 N–H and O–H groups in total. The van der Waals surface area contributed by atoms with Crippen LogP contribution in [-0.4, -0.2) is 38.5 Å². The van der Waals surface area contributed by atoms with Crippen LogP contribution in [0.1, 0.15) is 73.9 Å². The fourth-order valence-electron chi connectivity index (χ4n) is 5.16. The van der Waals surface area contributed by atoms with E-state index in [0.717, 1.165) is 36.5 Å². The van der Waals surface area contributed by atoms with E-state index >= 15 is 0 Å². The van der Waals surface area contributed by atoms with Gasteiger partial charge in [0.05, 0.1) is 16.8 Å². The molecule has 2 aliphatic rings. The molecule has 0 spiro atoms. The normalized spacial score (nSPS) is 19.7. The van der Waals surface area contributed by atoms with Gasteiger partial charge in [-0.1, -0.05) is 18.6 Å². The van der Waals surface area contributed by atoms with Gasteiger partial charge in [0.25, 0.3) is 11.8 Å². The number of nitrogens with two attached hydrogens (primary N) is 1. The number of carbonyl (C=O) groups is 3. The van der Waals surface area contributed by atoms with E-state index in [1.165, 1.54) is 4.90 Å². The number of pyridine rings is 2. The summed E-state index contributed by atoms with van der Waals surface area (Å²) in [6.07, 6.45) is 6.39. The Balaban J connectivity index is 1.38. The molecular formula is C26H22BrFN4O3. The van der Waals surface area contributed by atoms with E-state index < -0.39 is 5.82 Å². The average Bonchev–Trinajstić information content (AvgIpc) is 3.11. The number of nitrogen functional groups attached to an aromatic ring is 1. The molecule has 2 atom stereocenters. The van der Waals surface area contributed by atoms with Gasteiger partial charge in [0.15, 0.2) is 11.6 Å². The van der Waals surface area contributed by atoms with Gasteiger partial charge >= 0.3 is 0 Å². The van der Waals surface area contributed by atoms with Crippen molar-refractivity contribution in [2.75, 3.05) is 5.73 Å². The molecule has 1 aliphatic heterocycles. The molecule has 1 aliphatic carbocycles. The van der Waals surface area contributed by atoms with Gasteiger partial charge in [0.1, 0.15) is 10.3 Å². The highest BCUT2D eigenvalue weighted by Crippen LogP contribution is 2.39. The molecule has 3 heterocycles. The summed E-state index contributed by atoms with van der Waals surface area (Å²) in [5.74, 6) is -1.42. The van der Waals surface area contributed by atoms with Gasteiger partial charge in [0.2, 0.25) is 0 Å². The number of ketones is 1. The largest absolute Gasteiger partial charge is 0.397 e. The minimum atomic E-state index is -0.637. The van der Waals surface area contributed by atoms with Crippen LogP contribution in [0.5, 0.6) is 0 Å². The molecule has 1 fully saturated rings. The Morgan fingerprint density at radius 2 is 1.86 bits per heavy atom. The molecule has 0 unspecified atom stereocenters. The summed E-state index contributed by atoms with van der Waals surface area (Å²) in [6.45, 7) is 0. The second-order valence-corrected chi connectivity index (χ2v) is 9.67. The van der Waals surface area contributed by atoms with Gasteiger partial charge < -0.3 is 5.73 Å². The summed E-state index contributed by atoms with van der Waals surface area (Å²) in [7, 11) is 0. The maximum Gasteiger partial charge on any atom is 0.261 e. The molecule has 0 bridgehead atoms. The minimum absolute atomic E-state index is 0.000577. The van der Waals surface area contributed by atoms with E-state index in [4.69, 9.17) is 5.73 Å². The molecule has 2 aromatic heterocycles.